The fourth-order valence-corrected chi connectivity index (χ4v) is 2.55. The molecule has 1 fully saturated rings. The zero-order valence-electron chi connectivity index (χ0n) is 12.3. The van der Waals surface area contributed by atoms with Gasteiger partial charge in [0.2, 0.25) is 0 Å². The second-order valence-corrected chi connectivity index (χ2v) is 5.17. The van der Waals surface area contributed by atoms with Gasteiger partial charge >= 0.3 is 5.97 Å². The van der Waals surface area contributed by atoms with Crippen LogP contribution in [0.3, 0.4) is 0 Å². The number of rotatable bonds is 3. The molecule has 20 heavy (non-hydrogen) atoms. The molecule has 1 heterocycles. The third kappa shape index (κ3) is 2.88. The zero-order valence-corrected chi connectivity index (χ0v) is 12.3. The number of methoxy groups -OCH3 is 1. The molecule has 1 aromatic carbocycles. The summed E-state index contributed by atoms with van der Waals surface area (Å²) in [6, 6.07) is 4.25. The number of carbonyl (C=O) groups is 1. The van der Waals surface area contributed by atoms with Crippen molar-refractivity contribution in [1.29, 1.82) is 0 Å². The molecule has 0 aromatic heterocycles. The smallest absolute Gasteiger partial charge is 0.340 e. The normalized spacial score (nSPS) is 15.9. The second kappa shape index (κ2) is 6.13. The van der Waals surface area contributed by atoms with E-state index < -0.39 is 5.97 Å². The number of nitrogen functional groups attached to an aromatic ring is 1. The summed E-state index contributed by atoms with van der Waals surface area (Å²) in [4.78, 5) is 14.0. The Morgan fingerprint density at radius 3 is 2.65 bits per heavy atom. The van der Waals surface area contributed by atoms with Crippen molar-refractivity contribution in [2.24, 2.45) is 0 Å². The number of benzene rings is 1. The monoisotopic (exact) mass is 278 g/mol. The maximum Gasteiger partial charge on any atom is 0.340 e. The van der Waals surface area contributed by atoms with E-state index in [9.17, 15) is 4.79 Å². The molecule has 0 bridgehead atoms. The SMILES string of the molecule is COC(=O)c1cc(N(C)C2CCOCC2)cc(C)c1N. The summed E-state index contributed by atoms with van der Waals surface area (Å²) in [6.07, 6.45) is 1.99. The summed E-state index contributed by atoms with van der Waals surface area (Å²) in [5, 5.41) is 0. The minimum absolute atomic E-state index is 0.396. The van der Waals surface area contributed by atoms with E-state index in [0.717, 1.165) is 37.3 Å². The number of ether oxygens (including phenoxy) is 2. The first-order chi connectivity index (χ1) is 9.54. The first kappa shape index (κ1) is 14.7. The summed E-state index contributed by atoms with van der Waals surface area (Å²) >= 11 is 0. The molecule has 0 atom stereocenters. The van der Waals surface area contributed by atoms with Gasteiger partial charge in [0.1, 0.15) is 0 Å². The van der Waals surface area contributed by atoms with Crippen LogP contribution in [0.25, 0.3) is 0 Å². The van der Waals surface area contributed by atoms with Crippen LogP contribution in [-0.4, -0.2) is 39.4 Å². The summed E-state index contributed by atoms with van der Waals surface area (Å²) in [5.41, 5.74) is 8.77. The Bertz CT molecular complexity index is 496. The van der Waals surface area contributed by atoms with Crippen LogP contribution in [0.2, 0.25) is 0 Å². The van der Waals surface area contributed by atoms with Gasteiger partial charge in [0.15, 0.2) is 0 Å². The maximum atomic E-state index is 11.8. The number of nitrogens with two attached hydrogens (primary N) is 1. The second-order valence-electron chi connectivity index (χ2n) is 5.17. The number of hydrogen-bond donors (Lipinski definition) is 1. The van der Waals surface area contributed by atoms with Crippen molar-refractivity contribution in [2.45, 2.75) is 25.8 Å². The maximum absolute atomic E-state index is 11.8. The number of carbonyl (C=O) groups excluding carboxylic acids is 1. The molecule has 0 amide bonds. The molecule has 1 aliphatic rings. The Morgan fingerprint density at radius 2 is 2.05 bits per heavy atom. The minimum atomic E-state index is -0.396. The molecule has 0 unspecified atom stereocenters. The average molecular weight is 278 g/mol. The van der Waals surface area contributed by atoms with Gasteiger partial charge in [-0.05, 0) is 37.5 Å². The molecule has 110 valence electrons. The van der Waals surface area contributed by atoms with E-state index in [2.05, 4.69) is 4.90 Å². The van der Waals surface area contributed by atoms with Gasteiger partial charge in [0.05, 0.1) is 12.7 Å². The van der Waals surface area contributed by atoms with Gasteiger partial charge in [-0.1, -0.05) is 0 Å². The lowest BCUT2D eigenvalue weighted by atomic mass is 10.0. The van der Waals surface area contributed by atoms with Crippen LogP contribution >= 0.6 is 0 Å². The quantitative estimate of drug-likeness (QED) is 0.676. The lowest BCUT2D eigenvalue weighted by Gasteiger charge is -2.33. The van der Waals surface area contributed by atoms with Gasteiger partial charge in [-0.15, -0.1) is 0 Å². The molecule has 5 heteroatoms. The van der Waals surface area contributed by atoms with Crippen molar-refractivity contribution in [2.75, 3.05) is 38.0 Å². The molecule has 1 aromatic rings. The highest BCUT2D eigenvalue weighted by atomic mass is 16.5. The third-order valence-electron chi connectivity index (χ3n) is 3.92. The van der Waals surface area contributed by atoms with Crippen LogP contribution in [0.4, 0.5) is 11.4 Å². The van der Waals surface area contributed by atoms with Crippen molar-refractivity contribution in [1.82, 2.24) is 0 Å². The molecule has 0 aliphatic carbocycles. The Kier molecular flexibility index (Phi) is 4.49. The van der Waals surface area contributed by atoms with Crippen molar-refractivity contribution < 1.29 is 14.3 Å². The molecule has 1 saturated heterocycles. The molecule has 1 aliphatic heterocycles. The minimum Gasteiger partial charge on any atom is -0.465 e. The summed E-state index contributed by atoms with van der Waals surface area (Å²) in [5.74, 6) is -0.396. The first-order valence-corrected chi connectivity index (χ1v) is 6.83. The summed E-state index contributed by atoms with van der Waals surface area (Å²) in [7, 11) is 3.41. The van der Waals surface area contributed by atoms with Crippen LogP contribution in [0.5, 0.6) is 0 Å². The van der Waals surface area contributed by atoms with Crippen LogP contribution in [0.1, 0.15) is 28.8 Å². The molecular formula is C15H22N2O3. The van der Waals surface area contributed by atoms with E-state index in [1.807, 2.05) is 26.1 Å². The van der Waals surface area contributed by atoms with Crippen molar-refractivity contribution in [3.8, 4) is 0 Å². The van der Waals surface area contributed by atoms with Crippen molar-refractivity contribution >= 4 is 17.3 Å². The topological polar surface area (TPSA) is 64.8 Å². The number of aryl methyl sites for hydroxylation is 1. The Balaban J connectivity index is 2.31. The van der Waals surface area contributed by atoms with Crippen LogP contribution in [0.15, 0.2) is 12.1 Å². The van der Waals surface area contributed by atoms with Crippen molar-refractivity contribution in [3.05, 3.63) is 23.3 Å². The fourth-order valence-electron chi connectivity index (χ4n) is 2.55. The Morgan fingerprint density at radius 1 is 1.40 bits per heavy atom. The lowest BCUT2D eigenvalue weighted by Crippen LogP contribution is -2.36. The Labute approximate surface area is 119 Å². The van der Waals surface area contributed by atoms with E-state index >= 15 is 0 Å². The molecule has 0 spiro atoms. The standard InChI is InChI=1S/C15H22N2O3/c1-10-8-12(9-13(14(10)16)15(18)19-3)17(2)11-4-6-20-7-5-11/h8-9,11H,4-7,16H2,1-3H3. The van der Waals surface area contributed by atoms with Gasteiger partial charge < -0.3 is 20.1 Å². The van der Waals surface area contributed by atoms with E-state index in [0.29, 0.717) is 17.3 Å². The molecule has 2 rings (SSSR count). The predicted molar refractivity (Wildman–Crippen MR) is 79.2 cm³/mol. The molecular weight excluding hydrogens is 256 g/mol. The summed E-state index contributed by atoms with van der Waals surface area (Å²) in [6.45, 7) is 3.47. The van der Waals surface area contributed by atoms with Gasteiger partial charge in [0.25, 0.3) is 0 Å². The largest absolute Gasteiger partial charge is 0.465 e. The van der Waals surface area contributed by atoms with E-state index in [-0.39, 0.29) is 0 Å². The van der Waals surface area contributed by atoms with Gasteiger partial charge in [-0.2, -0.15) is 0 Å². The van der Waals surface area contributed by atoms with Gasteiger partial charge in [-0.25, -0.2) is 4.79 Å². The number of esters is 1. The zero-order chi connectivity index (χ0) is 14.7. The van der Waals surface area contributed by atoms with Crippen LogP contribution in [0, 0.1) is 6.92 Å². The predicted octanol–water partition coefficient (Wildman–Crippen LogP) is 1.98. The highest BCUT2D eigenvalue weighted by molar-refractivity contribution is 5.97. The van der Waals surface area contributed by atoms with Crippen molar-refractivity contribution in [3.63, 3.8) is 0 Å². The number of anilines is 2. The average Bonchev–Trinajstić information content (AvgIpc) is 2.49. The van der Waals surface area contributed by atoms with E-state index in [1.54, 1.807) is 0 Å². The van der Waals surface area contributed by atoms with E-state index in [1.165, 1.54) is 7.11 Å². The van der Waals surface area contributed by atoms with Gasteiger partial charge in [-0.3, -0.25) is 0 Å². The first-order valence-electron chi connectivity index (χ1n) is 6.83. The molecule has 2 N–H and O–H groups in total. The van der Waals surface area contributed by atoms with Crippen LogP contribution < -0.4 is 10.6 Å². The van der Waals surface area contributed by atoms with Gasteiger partial charge in [0, 0.05) is 37.7 Å². The highest BCUT2D eigenvalue weighted by Crippen LogP contribution is 2.28. The third-order valence-corrected chi connectivity index (χ3v) is 3.92. The molecule has 0 radical (unpaired) electrons. The fraction of sp³-hybridized carbons (Fsp3) is 0.533. The highest BCUT2D eigenvalue weighted by Gasteiger charge is 2.21. The number of nitrogens with zero attached hydrogens (tertiary/aromatic N) is 1. The molecule has 5 nitrogen and oxygen atoms in total. The Hall–Kier alpha value is -1.75. The summed E-state index contributed by atoms with van der Waals surface area (Å²) < 4.78 is 10.2. The van der Waals surface area contributed by atoms with Crippen LogP contribution in [-0.2, 0) is 9.47 Å². The number of hydrogen-bond acceptors (Lipinski definition) is 5. The lowest BCUT2D eigenvalue weighted by molar-refractivity contribution is 0.0601. The molecule has 0 saturated carbocycles. The van der Waals surface area contributed by atoms with E-state index in [4.69, 9.17) is 15.2 Å².